The van der Waals surface area contributed by atoms with E-state index in [4.69, 9.17) is 4.74 Å². The lowest BCUT2D eigenvalue weighted by Crippen LogP contribution is -2.41. The number of ether oxygens (including phenoxy) is 1. The van der Waals surface area contributed by atoms with E-state index in [1.807, 2.05) is 0 Å². The molecule has 1 aliphatic heterocycles. The van der Waals surface area contributed by atoms with Crippen molar-refractivity contribution in [3.63, 3.8) is 0 Å². The molecule has 1 aromatic rings. The Labute approximate surface area is 112 Å². The van der Waals surface area contributed by atoms with Gasteiger partial charge in [-0.15, -0.1) is 0 Å². The van der Waals surface area contributed by atoms with E-state index in [1.165, 1.54) is 24.3 Å². The molecule has 1 aliphatic rings. The fraction of sp³-hybridized carbons (Fsp3) is 0.308. The molecule has 0 spiro atoms. The average Bonchev–Trinajstić information content (AvgIpc) is 2.71. The predicted octanol–water partition coefficient (Wildman–Crippen LogP) is 1.52. The topological polar surface area (TPSA) is 63.7 Å². The summed E-state index contributed by atoms with van der Waals surface area (Å²) in [6, 6.07) is 7.84. The molecular formula is C13H15NO4S. The van der Waals surface area contributed by atoms with Crippen LogP contribution < -0.4 is 0 Å². The van der Waals surface area contributed by atoms with Crippen molar-refractivity contribution in [3.05, 3.63) is 42.5 Å². The lowest BCUT2D eigenvalue weighted by molar-refractivity contribution is -0.127. The van der Waals surface area contributed by atoms with Crippen LogP contribution in [0.2, 0.25) is 0 Å². The zero-order valence-corrected chi connectivity index (χ0v) is 11.5. The summed E-state index contributed by atoms with van der Waals surface area (Å²) in [5, 5.41) is 0. The standard InChI is InChI=1S/C13H15NO4S/c1-10(2)18-13-9-8-12(15)14(13)19(16,17)11-6-4-3-5-7-11/h3-10,13H,1-2H3. The Morgan fingerprint density at radius 2 is 1.84 bits per heavy atom. The Morgan fingerprint density at radius 1 is 1.21 bits per heavy atom. The molecule has 1 atom stereocenters. The Hall–Kier alpha value is -1.66. The second-order valence-corrected chi connectivity index (χ2v) is 6.20. The highest BCUT2D eigenvalue weighted by atomic mass is 32.2. The fourth-order valence-corrected chi connectivity index (χ4v) is 3.20. The van der Waals surface area contributed by atoms with Crippen LogP contribution in [0.4, 0.5) is 0 Å². The van der Waals surface area contributed by atoms with Gasteiger partial charge in [-0.05, 0) is 32.1 Å². The van der Waals surface area contributed by atoms with Gasteiger partial charge in [-0.2, -0.15) is 0 Å². The van der Waals surface area contributed by atoms with Crippen LogP contribution in [0.5, 0.6) is 0 Å². The van der Waals surface area contributed by atoms with E-state index in [1.54, 1.807) is 32.0 Å². The minimum atomic E-state index is -3.89. The first-order valence-electron chi connectivity index (χ1n) is 5.90. The summed E-state index contributed by atoms with van der Waals surface area (Å²) in [5.74, 6) is -0.588. The third-order valence-electron chi connectivity index (χ3n) is 2.56. The van der Waals surface area contributed by atoms with Crippen LogP contribution in [-0.2, 0) is 19.6 Å². The van der Waals surface area contributed by atoms with Crippen molar-refractivity contribution in [3.8, 4) is 0 Å². The molecule has 5 nitrogen and oxygen atoms in total. The lowest BCUT2D eigenvalue weighted by atomic mass is 10.4. The van der Waals surface area contributed by atoms with Gasteiger partial charge in [0.05, 0.1) is 11.0 Å². The van der Waals surface area contributed by atoms with Gasteiger partial charge in [0.15, 0.2) is 6.23 Å². The summed E-state index contributed by atoms with van der Waals surface area (Å²) in [5.41, 5.74) is 0. The summed E-state index contributed by atoms with van der Waals surface area (Å²) in [7, 11) is -3.89. The molecule has 1 heterocycles. The van der Waals surface area contributed by atoms with Crippen LogP contribution in [-0.4, -0.2) is 31.0 Å². The minimum absolute atomic E-state index is 0.0735. The monoisotopic (exact) mass is 281 g/mol. The number of nitrogens with zero attached hydrogens (tertiary/aromatic N) is 1. The molecule has 6 heteroatoms. The van der Waals surface area contributed by atoms with Gasteiger partial charge < -0.3 is 4.74 Å². The molecule has 1 unspecified atom stereocenters. The zero-order chi connectivity index (χ0) is 14.0. The van der Waals surface area contributed by atoms with E-state index in [-0.39, 0.29) is 11.0 Å². The number of hydrogen-bond donors (Lipinski definition) is 0. The lowest BCUT2D eigenvalue weighted by Gasteiger charge is -2.25. The first kappa shape index (κ1) is 13.8. The van der Waals surface area contributed by atoms with Crippen molar-refractivity contribution in [1.82, 2.24) is 4.31 Å². The molecule has 19 heavy (non-hydrogen) atoms. The molecule has 0 radical (unpaired) electrons. The Balaban J connectivity index is 2.36. The smallest absolute Gasteiger partial charge is 0.269 e. The molecule has 102 valence electrons. The highest BCUT2D eigenvalue weighted by Crippen LogP contribution is 2.24. The number of hydrogen-bond acceptors (Lipinski definition) is 4. The molecule has 0 N–H and O–H groups in total. The molecule has 1 aromatic carbocycles. The summed E-state index contributed by atoms with van der Waals surface area (Å²) >= 11 is 0. The van der Waals surface area contributed by atoms with E-state index in [2.05, 4.69) is 0 Å². The van der Waals surface area contributed by atoms with Crippen molar-refractivity contribution in [2.45, 2.75) is 31.1 Å². The number of sulfonamides is 1. The van der Waals surface area contributed by atoms with Crippen LogP contribution in [0.25, 0.3) is 0 Å². The molecule has 1 amide bonds. The number of amides is 1. The number of carbonyl (C=O) groups is 1. The van der Waals surface area contributed by atoms with Gasteiger partial charge in [0.25, 0.3) is 15.9 Å². The van der Waals surface area contributed by atoms with E-state index in [0.29, 0.717) is 0 Å². The number of carbonyl (C=O) groups excluding carboxylic acids is 1. The highest BCUT2D eigenvalue weighted by Gasteiger charge is 2.38. The first-order chi connectivity index (χ1) is 8.93. The first-order valence-corrected chi connectivity index (χ1v) is 7.34. The molecule has 0 saturated carbocycles. The van der Waals surface area contributed by atoms with E-state index >= 15 is 0 Å². The normalized spacial score (nSPS) is 19.4. The summed E-state index contributed by atoms with van der Waals surface area (Å²) in [6.45, 7) is 3.56. The number of benzene rings is 1. The van der Waals surface area contributed by atoms with Crippen LogP contribution in [0.15, 0.2) is 47.4 Å². The largest absolute Gasteiger partial charge is 0.351 e. The Bertz CT molecular complexity index is 592. The SMILES string of the molecule is CC(C)OC1C=CC(=O)N1S(=O)(=O)c1ccccc1. The van der Waals surface area contributed by atoms with Gasteiger partial charge in [0, 0.05) is 6.08 Å². The molecule has 0 saturated heterocycles. The van der Waals surface area contributed by atoms with Crippen LogP contribution in [0, 0.1) is 0 Å². The van der Waals surface area contributed by atoms with E-state index in [0.717, 1.165) is 4.31 Å². The van der Waals surface area contributed by atoms with Gasteiger partial charge >= 0.3 is 0 Å². The molecule has 0 aromatic heterocycles. The van der Waals surface area contributed by atoms with Crippen LogP contribution in [0.1, 0.15) is 13.8 Å². The fourth-order valence-electron chi connectivity index (χ4n) is 1.78. The molecule has 0 aliphatic carbocycles. The summed E-state index contributed by atoms with van der Waals surface area (Å²) in [6.07, 6.45) is 1.60. The molecule has 0 fully saturated rings. The van der Waals surface area contributed by atoms with Crippen LogP contribution in [0.3, 0.4) is 0 Å². The zero-order valence-electron chi connectivity index (χ0n) is 10.7. The minimum Gasteiger partial charge on any atom is -0.351 e. The Kier molecular flexibility index (Phi) is 3.73. The van der Waals surface area contributed by atoms with Crippen molar-refractivity contribution >= 4 is 15.9 Å². The van der Waals surface area contributed by atoms with Crippen molar-refractivity contribution < 1.29 is 17.9 Å². The van der Waals surface area contributed by atoms with Crippen LogP contribution >= 0.6 is 0 Å². The van der Waals surface area contributed by atoms with E-state index < -0.39 is 22.2 Å². The molecular weight excluding hydrogens is 266 g/mol. The van der Waals surface area contributed by atoms with Crippen molar-refractivity contribution in [2.75, 3.05) is 0 Å². The van der Waals surface area contributed by atoms with Gasteiger partial charge in [-0.25, -0.2) is 12.7 Å². The summed E-state index contributed by atoms with van der Waals surface area (Å²) < 4.78 is 31.1. The molecule has 0 bridgehead atoms. The van der Waals surface area contributed by atoms with E-state index in [9.17, 15) is 13.2 Å². The van der Waals surface area contributed by atoms with Gasteiger partial charge in [0.2, 0.25) is 0 Å². The van der Waals surface area contributed by atoms with Crippen molar-refractivity contribution in [2.24, 2.45) is 0 Å². The maximum atomic E-state index is 12.4. The second-order valence-electron chi connectivity index (χ2n) is 4.39. The summed E-state index contributed by atoms with van der Waals surface area (Å²) in [4.78, 5) is 11.8. The van der Waals surface area contributed by atoms with Gasteiger partial charge in [-0.3, -0.25) is 4.79 Å². The average molecular weight is 281 g/mol. The Morgan fingerprint density at radius 3 is 2.42 bits per heavy atom. The predicted molar refractivity (Wildman–Crippen MR) is 69.6 cm³/mol. The molecule has 2 rings (SSSR count). The number of rotatable bonds is 4. The third kappa shape index (κ3) is 2.69. The maximum Gasteiger partial charge on any atom is 0.269 e. The second kappa shape index (κ2) is 5.14. The maximum absolute atomic E-state index is 12.4. The van der Waals surface area contributed by atoms with Gasteiger partial charge in [0.1, 0.15) is 0 Å². The third-order valence-corrected chi connectivity index (χ3v) is 4.34. The van der Waals surface area contributed by atoms with Gasteiger partial charge in [-0.1, -0.05) is 18.2 Å². The van der Waals surface area contributed by atoms with Crippen molar-refractivity contribution in [1.29, 1.82) is 0 Å². The quantitative estimate of drug-likeness (QED) is 0.839. The highest BCUT2D eigenvalue weighted by molar-refractivity contribution is 7.89.